The summed E-state index contributed by atoms with van der Waals surface area (Å²) in [6, 6.07) is 8.42. The Bertz CT molecular complexity index is 365. The van der Waals surface area contributed by atoms with Crippen LogP contribution in [-0.2, 0) is 0 Å². The molecule has 0 amide bonds. The van der Waals surface area contributed by atoms with Crippen LogP contribution in [0.2, 0.25) is 0 Å². The van der Waals surface area contributed by atoms with Crippen molar-refractivity contribution in [2.24, 2.45) is 0 Å². The second-order valence-corrected chi connectivity index (χ2v) is 4.41. The van der Waals surface area contributed by atoms with Crippen molar-refractivity contribution < 1.29 is 4.74 Å². The number of ether oxygens (including phenoxy) is 1. The van der Waals surface area contributed by atoms with Crippen molar-refractivity contribution in [2.45, 2.75) is 38.5 Å². The minimum absolute atomic E-state index is 0.959. The fourth-order valence-corrected chi connectivity index (χ4v) is 2.28. The van der Waals surface area contributed by atoms with E-state index in [0.717, 1.165) is 5.75 Å². The first kappa shape index (κ1) is 11.3. The van der Waals surface area contributed by atoms with Crippen LogP contribution in [-0.4, -0.2) is 7.11 Å². The van der Waals surface area contributed by atoms with Crippen LogP contribution in [0.4, 0.5) is 0 Å². The van der Waals surface area contributed by atoms with E-state index in [1.807, 2.05) is 6.07 Å². The molecule has 0 N–H and O–H groups in total. The van der Waals surface area contributed by atoms with Crippen molar-refractivity contribution >= 4 is 5.57 Å². The van der Waals surface area contributed by atoms with Crippen LogP contribution in [0.15, 0.2) is 30.3 Å². The lowest BCUT2D eigenvalue weighted by Crippen LogP contribution is -1.91. The highest BCUT2D eigenvalue weighted by Crippen LogP contribution is 2.27. The van der Waals surface area contributed by atoms with Crippen molar-refractivity contribution in [3.63, 3.8) is 0 Å². The first-order valence-corrected chi connectivity index (χ1v) is 6.23. The summed E-state index contributed by atoms with van der Waals surface area (Å²) in [5.41, 5.74) is 2.83. The number of hydrogen-bond acceptors (Lipinski definition) is 1. The molecule has 0 aromatic heterocycles. The Balaban J connectivity index is 2.19. The van der Waals surface area contributed by atoms with Gasteiger partial charge in [-0.05, 0) is 49.0 Å². The minimum Gasteiger partial charge on any atom is -0.497 e. The number of methoxy groups -OCH3 is 1. The lowest BCUT2D eigenvalue weighted by Gasteiger charge is -2.12. The largest absolute Gasteiger partial charge is 0.497 e. The van der Waals surface area contributed by atoms with Gasteiger partial charge in [-0.1, -0.05) is 31.1 Å². The fraction of sp³-hybridized carbons (Fsp3) is 0.467. The van der Waals surface area contributed by atoms with Crippen molar-refractivity contribution in [3.05, 3.63) is 35.9 Å². The van der Waals surface area contributed by atoms with E-state index in [2.05, 4.69) is 24.3 Å². The summed E-state index contributed by atoms with van der Waals surface area (Å²) in [7, 11) is 1.73. The van der Waals surface area contributed by atoms with Gasteiger partial charge in [0.05, 0.1) is 7.11 Å². The van der Waals surface area contributed by atoms with Gasteiger partial charge in [-0.25, -0.2) is 0 Å². The maximum Gasteiger partial charge on any atom is 0.119 e. The monoisotopic (exact) mass is 216 g/mol. The van der Waals surface area contributed by atoms with Crippen LogP contribution in [0, 0.1) is 0 Å². The maximum atomic E-state index is 5.27. The molecule has 0 saturated carbocycles. The zero-order chi connectivity index (χ0) is 11.2. The first-order valence-electron chi connectivity index (χ1n) is 6.23. The summed E-state index contributed by atoms with van der Waals surface area (Å²) < 4.78 is 5.27. The molecule has 1 heteroatoms. The van der Waals surface area contributed by atoms with Gasteiger partial charge >= 0.3 is 0 Å². The van der Waals surface area contributed by atoms with Crippen LogP contribution >= 0.6 is 0 Å². The number of allylic oxidation sites excluding steroid dienone is 2. The normalized spacial score (nSPS) is 20.4. The standard InChI is InChI=1S/C15H20O/c1-16-15-11-7-10-14(12-15)13-8-5-3-2-4-6-9-13/h7-8,10-12H,2-6,9H2,1H3/b13-8+. The zero-order valence-electron chi connectivity index (χ0n) is 10.0. The smallest absolute Gasteiger partial charge is 0.119 e. The van der Waals surface area contributed by atoms with Crippen molar-refractivity contribution in [1.82, 2.24) is 0 Å². The van der Waals surface area contributed by atoms with E-state index in [1.54, 1.807) is 7.11 Å². The van der Waals surface area contributed by atoms with E-state index in [1.165, 1.54) is 49.7 Å². The molecule has 1 nitrogen and oxygen atoms in total. The third kappa shape index (κ3) is 2.88. The second-order valence-electron chi connectivity index (χ2n) is 4.41. The summed E-state index contributed by atoms with van der Waals surface area (Å²) in [4.78, 5) is 0. The molecule has 86 valence electrons. The molecule has 0 aliphatic heterocycles. The Kier molecular flexibility index (Phi) is 4.03. The van der Waals surface area contributed by atoms with Crippen LogP contribution in [0.3, 0.4) is 0 Å². The molecule has 1 aliphatic carbocycles. The van der Waals surface area contributed by atoms with Gasteiger partial charge < -0.3 is 4.74 Å². The Labute approximate surface area is 98.1 Å². The third-order valence-corrected chi connectivity index (χ3v) is 3.23. The molecule has 0 spiro atoms. The van der Waals surface area contributed by atoms with E-state index in [9.17, 15) is 0 Å². The van der Waals surface area contributed by atoms with E-state index in [4.69, 9.17) is 4.74 Å². The minimum atomic E-state index is 0.959. The topological polar surface area (TPSA) is 9.23 Å². The average molecular weight is 216 g/mol. The van der Waals surface area contributed by atoms with Crippen molar-refractivity contribution in [3.8, 4) is 5.75 Å². The Morgan fingerprint density at radius 3 is 2.81 bits per heavy atom. The fourth-order valence-electron chi connectivity index (χ4n) is 2.28. The molecule has 0 bridgehead atoms. The lowest BCUT2D eigenvalue weighted by molar-refractivity contribution is 0.414. The zero-order valence-corrected chi connectivity index (χ0v) is 10.0. The molecule has 16 heavy (non-hydrogen) atoms. The van der Waals surface area contributed by atoms with E-state index < -0.39 is 0 Å². The Morgan fingerprint density at radius 1 is 1.06 bits per heavy atom. The van der Waals surface area contributed by atoms with Crippen LogP contribution in [0.1, 0.15) is 44.1 Å². The Morgan fingerprint density at radius 2 is 1.94 bits per heavy atom. The molecule has 0 radical (unpaired) electrons. The van der Waals surface area contributed by atoms with Crippen LogP contribution < -0.4 is 4.74 Å². The summed E-state index contributed by atoms with van der Waals surface area (Å²) >= 11 is 0. The Hall–Kier alpha value is -1.24. The molecule has 1 aromatic carbocycles. The molecule has 1 aliphatic rings. The summed E-state index contributed by atoms with van der Waals surface area (Å²) in [6.07, 6.45) is 10.3. The summed E-state index contributed by atoms with van der Waals surface area (Å²) in [5, 5.41) is 0. The SMILES string of the molecule is COc1cccc(/C2=C/CCCCCC2)c1. The van der Waals surface area contributed by atoms with Gasteiger partial charge in [-0.15, -0.1) is 0 Å². The molecule has 0 heterocycles. The van der Waals surface area contributed by atoms with Gasteiger partial charge in [0.15, 0.2) is 0 Å². The highest BCUT2D eigenvalue weighted by Gasteiger charge is 2.05. The third-order valence-electron chi connectivity index (χ3n) is 3.23. The van der Waals surface area contributed by atoms with Crippen LogP contribution in [0.5, 0.6) is 5.75 Å². The number of hydrogen-bond donors (Lipinski definition) is 0. The molecule has 2 rings (SSSR count). The molecule has 0 unspecified atom stereocenters. The van der Waals surface area contributed by atoms with Crippen molar-refractivity contribution in [1.29, 1.82) is 0 Å². The molecular formula is C15H20O. The second kappa shape index (κ2) is 5.74. The number of rotatable bonds is 2. The van der Waals surface area contributed by atoms with Gasteiger partial charge in [0.25, 0.3) is 0 Å². The first-order chi connectivity index (χ1) is 7.90. The highest BCUT2D eigenvalue weighted by molar-refractivity contribution is 5.66. The van der Waals surface area contributed by atoms with Gasteiger partial charge in [-0.3, -0.25) is 0 Å². The summed E-state index contributed by atoms with van der Waals surface area (Å²) in [5.74, 6) is 0.959. The van der Waals surface area contributed by atoms with Crippen molar-refractivity contribution in [2.75, 3.05) is 7.11 Å². The predicted molar refractivity (Wildman–Crippen MR) is 68.7 cm³/mol. The molecule has 1 aromatic rings. The molecule has 0 fully saturated rings. The lowest BCUT2D eigenvalue weighted by atomic mass is 9.95. The quantitative estimate of drug-likeness (QED) is 0.710. The predicted octanol–water partition coefficient (Wildman–Crippen LogP) is 4.43. The molecule has 0 atom stereocenters. The maximum absolute atomic E-state index is 5.27. The number of benzene rings is 1. The summed E-state index contributed by atoms with van der Waals surface area (Å²) in [6.45, 7) is 0. The average Bonchev–Trinajstić information content (AvgIpc) is 2.29. The van der Waals surface area contributed by atoms with Gasteiger partial charge in [0, 0.05) is 0 Å². The van der Waals surface area contributed by atoms with Gasteiger partial charge in [-0.2, -0.15) is 0 Å². The highest BCUT2D eigenvalue weighted by atomic mass is 16.5. The van der Waals surface area contributed by atoms with E-state index in [-0.39, 0.29) is 0 Å². The van der Waals surface area contributed by atoms with Crippen LogP contribution in [0.25, 0.3) is 5.57 Å². The molecule has 0 saturated heterocycles. The van der Waals surface area contributed by atoms with Gasteiger partial charge in [0.2, 0.25) is 0 Å². The van der Waals surface area contributed by atoms with E-state index in [0.29, 0.717) is 0 Å². The molecular weight excluding hydrogens is 196 g/mol. The van der Waals surface area contributed by atoms with Gasteiger partial charge in [0.1, 0.15) is 5.75 Å². The van der Waals surface area contributed by atoms with E-state index >= 15 is 0 Å².